The van der Waals surface area contributed by atoms with Gasteiger partial charge in [-0.3, -0.25) is 25.0 Å². The molecule has 0 aliphatic carbocycles. The Morgan fingerprint density at radius 1 is 1.28 bits per heavy atom. The van der Waals surface area contributed by atoms with E-state index in [4.69, 9.17) is 0 Å². The molecule has 150 valence electrons. The zero-order valence-electron chi connectivity index (χ0n) is 15.5. The number of sulfonamides is 1. The second kappa shape index (κ2) is 7.17. The van der Waals surface area contributed by atoms with Gasteiger partial charge in [0, 0.05) is 19.3 Å². The molecule has 0 saturated heterocycles. The summed E-state index contributed by atoms with van der Waals surface area (Å²) in [5, 5.41) is 0.476. The summed E-state index contributed by atoms with van der Waals surface area (Å²) in [6, 6.07) is 6.92. The van der Waals surface area contributed by atoms with Crippen LogP contribution in [0, 0.1) is 0 Å². The quantitative estimate of drug-likeness (QED) is 0.692. The molecular weight excluding hydrogens is 396 g/mol. The summed E-state index contributed by atoms with van der Waals surface area (Å²) in [5.74, 6) is -0.471. The number of rotatable bonds is 4. The van der Waals surface area contributed by atoms with Crippen LogP contribution in [0.1, 0.15) is 6.92 Å². The van der Waals surface area contributed by atoms with Crippen molar-refractivity contribution in [2.24, 2.45) is 4.40 Å². The summed E-state index contributed by atoms with van der Waals surface area (Å²) in [6.07, 6.45) is 4.79. The van der Waals surface area contributed by atoms with Gasteiger partial charge in [-0.2, -0.15) is 0 Å². The Morgan fingerprint density at radius 3 is 2.86 bits per heavy atom. The summed E-state index contributed by atoms with van der Waals surface area (Å²) in [6.45, 7) is 2.36. The normalized spacial score (nSPS) is 17.3. The first-order chi connectivity index (χ1) is 13.9. The molecule has 3 heterocycles. The van der Waals surface area contributed by atoms with Crippen molar-refractivity contribution < 1.29 is 13.2 Å². The maximum absolute atomic E-state index is 12.7. The highest BCUT2D eigenvalue weighted by molar-refractivity contribution is 7.90. The Kier molecular flexibility index (Phi) is 4.66. The lowest BCUT2D eigenvalue weighted by atomic mass is 10.1. The molecule has 10 nitrogen and oxygen atoms in total. The number of nitrogens with one attached hydrogen (secondary N) is 2. The van der Waals surface area contributed by atoms with E-state index in [2.05, 4.69) is 20.2 Å². The maximum Gasteiger partial charge on any atom is 0.273 e. The van der Waals surface area contributed by atoms with Crippen LogP contribution in [0.5, 0.6) is 0 Å². The topological polar surface area (TPSA) is 126 Å². The first-order valence-corrected chi connectivity index (χ1v) is 10.5. The van der Waals surface area contributed by atoms with Crippen molar-refractivity contribution in [3.8, 4) is 0 Å². The van der Waals surface area contributed by atoms with Gasteiger partial charge in [-0.15, -0.1) is 4.40 Å². The number of benzene rings is 1. The van der Waals surface area contributed by atoms with E-state index in [-0.39, 0.29) is 35.2 Å². The van der Waals surface area contributed by atoms with E-state index in [9.17, 15) is 18.0 Å². The maximum atomic E-state index is 12.7. The van der Waals surface area contributed by atoms with Gasteiger partial charge in [0.15, 0.2) is 5.84 Å². The van der Waals surface area contributed by atoms with Gasteiger partial charge < -0.3 is 4.90 Å². The number of amides is 1. The predicted octanol–water partition coefficient (Wildman–Crippen LogP) is 0.357. The van der Waals surface area contributed by atoms with Crippen molar-refractivity contribution in [1.29, 1.82) is 0 Å². The van der Waals surface area contributed by atoms with E-state index in [1.165, 1.54) is 10.6 Å². The number of hydrogen-bond donors (Lipinski definition) is 2. The molecule has 2 aromatic rings. The lowest BCUT2D eigenvalue weighted by Crippen LogP contribution is -2.43. The molecule has 1 aromatic heterocycles. The van der Waals surface area contributed by atoms with E-state index in [1.54, 1.807) is 48.4 Å². The summed E-state index contributed by atoms with van der Waals surface area (Å²) in [5.41, 5.74) is 5.51. The van der Waals surface area contributed by atoms with Gasteiger partial charge >= 0.3 is 0 Å². The fourth-order valence-corrected chi connectivity index (χ4v) is 4.12. The smallest absolute Gasteiger partial charge is 0.273 e. The van der Waals surface area contributed by atoms with Crippen LogP contribution in [0.25, 0.3) is 10.9 Å². The Balaban J connectivity index is 1.62. The molecule has 4 rings (SSSR count). The molecule has 0 spiro atoms. The van der Waals surface area contributed by atoms with Crippen molar-refractivity contribution in [3.63, 3.8) is 0 Å². The van der Waals surface area contributed by atoms with Crippen LogP contribution >= 0.6 is 0 Å². The van der Waals surface area contributed by atoms with Gasteiger partial charge in [0.1, 0.15) is 0 Å². The number of hydrogen-bond acceptors (Lipinski definition) is 7. The van der Waals surface area contributed by atoms with Gasteiger partial charge in [0.05, 0.1) is 22.2 Å². The lowest BCUT2D eigenvalue weighted by molar-refractivity contribution is -0.116. The largest absolute Gasteiger partial charge is 0.331 e. The van der Waals surface area contributed by atoms with Crippen molar-refractivity contribution in [2.45, 2.75) is 13.5 Å². The van der Waals surface area contributed by atoms with Gasteiger partial charge in [-0.1, -0.05) is 12.1 Å². The van der Waals surface area contributed by atoms with Gasteiger partial charge in [-0.25, -0.2) is 13.4 Å². The number of carbonyl (C=O) groups is 1. The van der Waals surface area contributed by atoms with Crippen molar-refractivity contribution in [1.82, 2.24) is 19.9 Å². The van der Waals surface area contributed by atoms with Crippen molar-refractivity contribution in [2.75, 3.05) is 17.7 Å². The van der Waals surface area contributed by atoms with Crippen LogP contribution in [-0.2, 0) is 21.4 Å². The number of para-hydroxylation sites is 1. The second-order valence-electron chi connectivity index (χ2n) is 6.40. The number of amidine groups is 1. The van der Waals surface area contributed by atoms with E-state index >= 15 is 0 Å². The molecule has 0 saturated carbocycles. The molecule has 11 heteroatoms. The van der Waals surface area contributed by atoms with Crippen LogP contribution in [0.3, 0.4) is 0 Å². The SMILES string of the molecule is CCn1c(NNC(=O)C2=CC=CN3CCS(=O)(=O)N=C23)nc2ccccc2c1=O. The van der Waals surface area contributed by atoms with Gasteiger partial charge in [-0.05, 0) is 31.2 Å². The third-order valence-electron chi connectivity index (χ3n) is 4.57. The molecule has 29 heavy (non-hydrogen) atoms. The van der Waals surface area contributed by atoms with Gasteiger partial charge in [0.2, 0.25) is 5.95 Å². The Labute approximate surface area is 166 Å². The van der Waals surface area contributed by atoms with E-state index < -0.39 is 15.9 Å². The minimum absolute atomic E-state index is 0.0670. The lowest BCUT2D eigenvalue weighted by Gasteiger charge is -2.28. The Bertz CT molecular complexity index is 1260. The molecule has 2 aliphatic rings. The first kappa shape index (κ1) is 18.9. The summed E-state index contributed by atoms with van der Waals surface area (Å²) >= 11 is 0. The number of hydrazine groups is 1. The average Bonchev–Trinajstić information content (AvgIpc) is 2.71. The van der Waals surface area contributed by atoms with Crippen LogP contribution in [-0.4, -0.2) is 46.9 Å². The monoisotopic (exact) mass is 414 g/mol. The van der Waals surface area contributed by atoms with E-state index in [0.717, 1.165) is 0 Å². The molecule has 0 bridgehead atoms. The number of anilines is 1. The molecule has 0 atom stereocenters. The minimum atomic E-state index is -3.61. The van der Waals surface area contributed by atoms with Crippen LogP contribution in [0.15, 0.2) is 57.4 Å². The number of fused-ring (bicyclic) bond motifs is 2. The van der Waals surface area contributed by atoms with E-state index in [0.29, 0.717) is 17.4 Å². The third kappa shape index (κ3) is 3.51. The number of aromatic nitrogens is 2. The zero-order valence-corrected chi connectivity index (χ0v) is 16.3. The second-order valence-corrected chi connectivity index (χ2v) is 8.15. The number of carbonyl (C=O) groups excluding carboxylic acids is 1. The molecule has 1 aromatic carbocycles. The number of nitrogens with zero attached hydrogens (tertiary/aromatic N) is 4. The van der Waals surface area contributed by atoms with Crippen LogP contribution < -0.4 is 16.4 Å². The Morgan fingerprint density at radius 2 is 2.07 bits per heavy atom. The van der Waals surface area contributed by atoms with Crippen molar-refractivity contribution in [3.05, 3.63) is 58.5 Å². The molecule has 1 amide bonds. The van der Waals surface area contributed by atoms with Crippen LogP contribution in [0.4, 0.5) is 5.95 Å². The first-order valence-electron chi connectivity index (χ1n) is 8.93. The highest BCUT2D eigenvalue weighted by Gasteiger charge is 2.30. The summed E-state index contributed by atoms with van der Waals surface area (Å²) in [4.78, 5) is 31.3. The fraction of sp³-hybridized carbons (Fsp3) is 0.222. The molecule has 0 radical (unpaired) electrons. The molecule has 0 unspecified atom stereocenters. The van der Waals surface area contributed by atoms with Crippen molar-refractivity contribution >= 4 is 38.6 Å². The minimum Gasteiger partial charge on any atom is -0.331 e. The zero-order chi connectivity index (χ0) is 20.6. The molecule has 2 aliphatic heterocycles. The van der Waals surface area contributed by atoms with E-state index in [1.807, 2.05) is 0 Å². The molecular formula is C18H18N6O4S. The highest BCUT2D eigenvalue weighted by atomic mass is 32.2. The summed E-state index contributed by atoms with van der Waals surface area (Å²) < 4.78 is 28.8. The third-order valence-corrected chi connectivity index (χ3v) is 5.72. The van der Waals surface area contributed by atoms with Crippen LogP contribution in [0.2, 0.25) is 0 Å². The average molecular weight is 414 g/mol. The standard InChI is InChI=1S/C18H18N6O4S/c1-2-24-17(26)12-6-3-4-8-14(12)19-18(24)21-20-16(25)13-7-5-9-23-10-11-29(27,28)22-15(13)23/h3-9H,2,10-11H2,1H3,(H,19,21)(H,20,25). The highest BCUT2D eigenvalue weighted by Crippen LogP contribution is 2.18. The Hall–Kier alpha value is -3.47. The fourth-order valence-electron chi connectivity index (χ4n) is 3.13. The molecule has 2 N–H and O–H groups in total. The van der Waals surface area contributed by atoms with Gasteiger partial charge in [0.25, 0.3) is 21.5 Å². The summed E-state index contributed by atoms with van der Waals surface area (Å²) in [7, 11) is -3.61. The number of allylic oxidation sites excluding steroid dienone is 2. The molecule has 0 fully saturated rings. The predicted molar refractivity (Wildman–Crippen MR) is 109 cm³/mol.